The van der Waals surface area contributed by atoms with E-state index in [1.54, 1.807) is 4.90 Å². The molecule has 0 aromatic carbocycles. The number of carboxylic acids is 1. The monoisotopic (exact) mass is 279 g/mol. The minimum Gasteiger partial charge on any atom is -0.481 e. The molecule has 19 heavy (non-hydrogen) atoms. The van der Waals surface area contributed by atoms with Gasteiger partial charge in [0, 0.05) is 12.6 Å². The Morgan fingerprint density at radius 2 is 1.95 bits per heavy atom. The molecule has 0 spiro atoms. The molecule has 2 rings (SSSR count). The Balaban J connectivity index is 2.01. The molecule has 2 aliphatic rings. The Hall–Kier alpha value is -0.780. The molecule has 1 N–H and O–H groups in total. The smallest absolute Gasteiger partial charge is 0.406 e. The molecule has 0 aromatic heterocycles. The first-order valence-corrected chi connectivity index (χ1v) is 6.71. The van der Waals surface area contributed by atoms with Crippen LogP contribution in [0.3, 0.4) is 0 Å². The molecule has 3 nitrogen and oxygen atoms in total. The Morgan fingerprint density at radius 3 is 2.32 bits per heavy atom. The zero-order valence-corrected chi connectivity index (χ0v) is 11.2. The summed E-state index contributed by atoms with van der Waals surface area (Å²) in [6.07, 6.45) is -3.21. The minimum atomic E-state index is -4.67. The first-order chi connectivity index (χ1) is 8.67. The lowest BCUT2D eigenvalue weighted by Crippen LogP contribution is -2.50. The van der Waals surface area contributed by atoms with Crippen molar-refractivity contribution >= 4 is 5.97 Å². The predicted octanol–water partition coefficient (Wildman–Crippen LogP) is 2.76. The second-order valence-corrected chi connectivity index (χ2v) is 6.23. The van der Waals surface area contributed by atoms with Crippen LogP contribution in [0.5, 0.6) is 0 Å². The van der Waals surface area contributed by atoms with Crippen LogP contribution < -0.4 is 0 Å². The molecular formula is C13H20F3NO2. The highest BCUT2D eigenvalue weighted by Crippen LogP contribution is 2.48. The lowest BCUT2D eigenvalue weighted by atomic mass is 9.73. The van der Waals surface area contributed by atoms with Crippen molar-refractivity contribution in [3.63, 3.8) is 0 Å². The van der Waals surface area contributed by atoms with Gasteiger partial charge in [0.15, 0.2) is 5.41 Å². The van der Waals surface area contributed by atoms with Crippen LogP contribution in [-0.2, 0) is 4.79 Å². The average molecular weight is 279 g/mol. The molecule has 1 aliphatic heterocycles. The lowest BCUT2D eigenvalue weighted by molar-refractivity contribution is -0.228. The molecule has 0 bridgehead atoms. The summed E-state index contributed by atoms with van der Waals surface area (Å²) in [7, 11) is 0. The first-order valence-electron chi connectivity index (χ1n) is 6.71. The van der Waals surface area contributed by atoms with Crippen molar-refractivity contribution in [3.8, 4) is 0 Å². The largest absolute Gasteiger partial charge is 0.481 e. The standard InChI is InChI=1S/C13H20F3NO2/c1-8(2)9-5-10(6-9)17-4-3-12(7-17,11(18)19)13(14,15)16/h8-10H,3-7H2,1-2H3,(H,18,19). The van der Waals surface area contributed by atoms with E-state index in [4.69, 9.17) is 5.11 Å². The molecule has 2 fully saturated rings. The van der Waals surface area contributed by atoms with Crippen LogP contribution in [0.4, 0.5) is 13.2 Å². The third-order valence-electron chi connectivity index (χ3n) is 4.86. The average Bonchev–Trinajstić information content (AvgIpc) is 2.59. The molecule has 0 radical (unpaired) electrons. The van der Waals surface area contributed by atoms with E-state index < -0.39 is 17.6 Å². The second kappa shape index (κ2) is 4.65. The lowest BCUT2D eigenvalue weighted by Gasteiger charge is -2.43. The van der Waals surface area contributed by atoms with Crippen molar-refractivity contribution in [2.75, 3.05) is 13.1 Å². The highest BCUT2D eigenvalue weighted by Gasteiger charge is 2.64. The van der Waals surface area contributed by atoms with Crippen LogP contribution >= 0.6 is 0 Å². The Labute approximate surface area is 110 Å². The van der Waals surface area contributed by atoms with E-state index in [2.05, 4.69) is 13.8 Å². The van der Waals surface area contributed by atoms with Crippen molar-refractivity contribution in [1.82, 2.24) is 4.90 Å². The summed E-state index contributed by atoms with van der Waals surface area (Å²) in [4.78, 5) is 12.8. The summed E-state index contributed by atoms with van der Waals surface area (Å²) >= 11 is 0. The highest BCUT2D eigenvalue weighted by molar-refractivity contribution is 5.76. The van der Waals surface area contributed by atoms with Gasteiger partial charge in [0.1, 0.15) is 0 Å². The van der Waals surface area contributed by atoms with E-state index in [-0.39, 0.29) is 25.6 Å². The third kappa shape index (κ3) is 2.35. The van der Waals surface area contributed by atoms with Crippen LogP contribution in [0.15, 0.2) is 0 Å². The number of hydrogen-bond donors (Lipinski definition) is 1. The van der Waals surface area contributed by atoms with Crippen molar-refractivity contribution in [1.29, 1.82) is 0 Å². The van der Waals surface area contributed by atoms with Crippen molar-refractivity contribution in [3.05, 3.63) is 0 Å². The first kappa shape index (κ1) is 14.6. The van der Waals surface area contributed by atoms with Gasteiger partial charge in [-0.05, 0) is 37.6 Å². The number of carboxylic acid groups (broad SMARTS) is 1. The van der Waals surface area contributed by atoms with Gasteiger partial charge in [0.05, 0.1) is 0 Å². The van der Waals surface area contributed by atoms with Crippen LogP contribution in [0.25, 0.3) is 0 Å². The quantitative estimate of drug-likeness (QED) is 0.863. The molecule has 1 heterocycles. The summed E-state index contributed by atoms with van der Waals surface area (Å²) in [6, 6.07) is 0.135. The number of halogens is 3. The summed E-state index contributed by atoms with van der Waals surface area (Å²) in [5.74, 6) is -0.622. The van der Waals surface area contributed by atoms with Crippen LogP contribution in [0, 0.1) is 17.3 Å². The SMILES string of the molecule is CC(C)C1CC(N2CCC(C(=O)O)(C(F)(F)F)C2)C1. The number of alkyl halides is 3. The van der Waals surface area contributed by atoms with E-state index >= 15 is 0 Å². The second-order valence-electron chi connectivity index (χ2n) is 6.23. The highest BCUT2D eigenvalue weighted by atomic mass is 19.4. The number of nitrogens with zero attached hydrogens (tertiary/aromatic N) is 1. The van der Waals surface area contributed by atoms with E-state index in [0.29, 0.717) is 11.8 Å². The topological polar surface area (TPSA) is 40.5 Å². The van der Waals surface area contributed by atoms with Crippen molar-refractivity contribution < 1.29 is 23.1 Å². The fourth-order valence-corrected chi connectivity index (χ4v) is 3.15. The zero-order valence-electron chi connectivity index (χ0n) is 11.2. The van der Waals surface area contributed by atoms with Gasteiger partial charge < -0.3 is 5.11 Å². The van der Waals surface area contributed by atoms with E-state index in [1.807, 2.05) is 0 Å². The van der Waals surface area contributed by atoms with Gasteiger partial charge >= 0.3 is 12.1 Å². The summed E-state index contributed by atoms with van der Waals surface area (Å²) in [6.45, 7) is 4.08. The zero-order chi connectivity index (χ0) is 14.4. The minimum absolute atomic E-state index is 0.135. The number of aliphatic carboxylic acids is 1. The summed E-state index contributed by atoms with van der Waals surface area (Å²) in [5.41, 5.74) is -2.56. The van der Waals surface area contributed by atoms with Gasteiger partial charge in [0.25, 0.3) is 0 Å². The maximum absolute atomic E-state index is 13.0. The fraction of sp³-hybridized carbons (Fsp3) is 0.923. The van der Waals surface area contributed by atoms with E-state index in [1.165, 1.54) is 0 Å². The van der Waals surface area contributed by atoms with E-state index in [0.717, 1.165) is 12.8 Å². The molecule has 1 atom stereocenters. The predicted molar refractivity (Wildman–Crippen MR) is 63.7 cm³/mol. The van der Waals surface area contributed by atoms with Crippen LogP contribution in [0.2, 0.25) is 0 Å². The normalized spacial score (nSPS) is 36.5. The summed E-state index contributed by atoms with van der Waals surface area (Å²) in [5, 5.41) is 8.98. The fourth-order valence-electron chi connectivity index (χ4n) is 3.15. The number of hydrogen-bond acceptors (Lipinski definition) is 2. The Kier molecular flexibility index (Phi) is 3.58. The third-order valence-corrected chi connectivity index (χ3v) is 4.86. The number of carbonyl (C=O) groups is 1. The summed E-state index contributed by atoms with van der Waals surface area (Å²) < 4.78 is 39.1. The van der Waals surface area contributed by atoms with Crippen LogP contribution in [-0.4, -0.2) is 41.3 Å². The maximum Gasteiger partial charge on any atom is 0.406 e. The van der Waals surface area contributed by atoms with E-state index in [9.17, 15) is 18.0 Å². The van der Waals surface area contributed by atoms with Crippen molar-refractivity contribution in [2.45, 2.75) is 45.3 Å². The molecule has 0 aromatic rings. The van der Waals surface area contributed by atoms with Crippen LogP contribution in [0.1, 0.15) is 33.1 Å². The Bertz CT molecular complexity index is 363. The molecule has 1 unspecified atom stereocenters. The molecule has 1 saturated carbocycles. The van der Waals surface area contributed by atoms with Gasteiger partial charge in [-0.2, -0.15) is 13.2 Å². The maximum atomic E-state index is 13.0. The van der Waals surface area contributed by atoms with Gasteiger partial charge in [-0.25, -0.2) is 0 Å². The number of rotatable bonds is 3. The van der Waals surface area contributed by atoms with Gasteiger partial charge in [-0.15, -0.1) is 0 Å². The Morgan fingerprint density at radius 1 is 1.37 bits per heavy atom. The van der Waals surface area contributed by atoms with Gasteiger partial charge in [-0.1, -0.05) is 13.8 Å². The molecule has 0 amide bonds. The molecular weight excluding hydrogens is 259 g/mol. The molecule has 1 saturated heterocycles. The molecule has 1 aliphatic carbocycles. The molecule has 110 valence electrons. The molecule has 6 heteroatoms. The number of likely N-dealkylation sites (tertiary alicyclic amines) is 1. The van der Waals surface area contributed by atoms with Crippen molar-refractivity contribution in [2.24, 2.45) is 17.3 Å². The van der Waals surface area contributed by atoms with Gasteiger partial charge in [0.2, 0.25) is 0 Å². The van der Waals surface area contributed by atoms with Gasteiger partial charge in [-0.3, -0.25) is 9.69 Å².